The first kappa shape index (κ1) is 12.6. The largest absolute Gasteiger partial charge is 0.284 e. The third-order valence-corrected chi connectivity index (χ3v) is 4.01. The summed E-state index contributed by atoms with van der Waals surface area (Å²) >= 11 is 0. The maximum Gasteiger partial charge on any atom is 0.265 e. The second-order valence-corrected chi connectivity index (χ2v) is 6.00. The van der Waals surface area contributed by atoms with Gasteiger partial charge in [0.1, 0.15) is 4.90 Å². The molecule has 0 bridgehead atoms. The van der Waals surface area contributed by atoms with Crippen LogP contribution in [0.2, 0.25) is 0 Å². The van der Waals surface area contributed by atoms with Crippen molar-refractivity contribution in [3.8, 4) is 0 Å². The number of hydrogen-bond acceptors (Lipinski definition) is 3. The minimum Gasteiger partial charge on any atom is -0.284 e. The molecule has 2 aromatic rings. The van der Waals surface area contributed by atoms with Gasteiger partial charge in [0, 0.05) is 6.20 Å². The molecule has 0 unspecified atom stereocenters. The van der Waals surface area contributed by atoms with Gasteiger partial charge in [-0.1, -0.05) is 17.7 Å². The molecule has 1 aromatic carbocycles. The van der Waals surface area contributed by atoms with Crippen molar-refractivity contribution in [2.24, 2.45) is 0 Å². The highest BCUT2D eigenvalue weighted by molar-refractivity contribution is 7.92. The maximum atomic E-state index is 12.1. The Hall–Kier alpha value is -1.82. The summed E-state index contributed by atoms with van der Waals surface area (Å²) in [6.45, 7) is 5.74. The molecule has 0 atom stereocenters. The number of aromatic amines is 1. The summed E-state index contributed by atoms with van der Waals surface area (Å²) in [4.78, 5) is 0.127. The minimum atomic E-state index is -3.57. The van der Waals surface area contributed by atoms with Crippen molar-refractivity contribution in [3.05, 3.63) is 41.2 Å². The highest BCUT2D eigenvalue weighted by Crippen LogP contribution is 2.24. The van der Waals surface area contributed by atoms with Gasteiger partial charge in [0.05, 0.1) is 11.9 Å². The molecule has 2 rings (SSSR count). The zero-order chi connectivity index (χ0) is 13.3. The molecular formula is C12H15N3O2S. The molecule has 2 N–H and O–H groups in total. The van der Waals surface area contributed by atoms with Crippen molar-refractivity contribution in [3.63, 3.8) is 0 Å². The Morgan fingerprint density at radius 1 is 1.17 bits per heavy atom. The highest BCUT2D eigenvalue weighted by Gasteiger charge is 2.17. The summed E-state index contributed by atoms with van der Waals surface area (Å²) in [7, 11) is -3.57. The number of hydrogen-bond donors (Lipinski definition) is 2. The molecule has 0 spiro atoms. The maximum absolute atomic E-state index is 12.1. The first-order chi connectivity index (χ1) is 8.40. The fourth-order valence-corrected chi connectivity index (χ4v) is 3.03. The van der Waals surface area contributed by atoms with Gasteiger partial charge in [-0.3, -0.25) is 9.82 Å². The van der Waals surface area contributed by atoms with Gasteiger partial charge in [0.2, 0.25) is 0 Å². The summed E-state index contributed by atoms with van der Waals surface area (Å²) < 4.78 is 26.8. The third-order valence-electron chi connectivity index (χ3n) is 2.70. The first-order valence-electron chi connectivity index (χ1n) is 5.49. The van der Waals surface area contributed by atoms with E-state index in [9.17, 15) is 8.42 Å². The van der Waals surface area contributed by atoms with Crippen LogP contribution in [0.15, 0.2) is 29.4 Å². The Morgan fingerprint density at radius 2 is 1.78 bits per heavy atom. The normalized spacial score (nSPS) is 11.5. The van der Waals surface area contributed by atoms with Gasteiger partial charge in [0.25, 0.3) is 10.0 Å². The van der Waals surface area contributed by atoms with Crippen molar-refractivity contribution < 1.29 is 8.42 Å². The average Bonchev–Trinajstić information content (AvgIpc) is 2.77. The molecule has 1 aromatic heterocycles. The fraction of sp³-hybridized carbons (Fsp3) is 0.250. The lowest BCUT2D eigenvalue weighted by Gasteiger charge is -2.13. The van der Waals surface area contributed by atoms with Crippen LogP contribution in [-0.2, 0) is 10.0 Å². The lowest BCUT2D eigenvalue weighted by Crippen LogP contribution is -2.14. The van der Waals surface area contributed by atoms with Crippen LogP contribution < -0.4 is 4.72 Å². The van der Waals surface area contributed by atoms with E-state index in [1.54, 1.807) is 0 Å². The second kappa shape index (κ2) is 4.45. The monoisotopic (exact) mass is 265 g/mol. The lowest BCUT2D eigenvalue weighted by atomic mass is 10.1. The van der Waals surface area contributed by atoms with E-state index in [1.807, 2.05) is 32.9 Å². The number of aryl methyl sites for hydroxylation is 3. The number of rotatable bonds is 3. The lowest BCUT2D eigenvalue weighted by molar-refractivity contribution is 0.601. The fourth-order valence-electron chi connectivity index (χ4n) is 1.92. The first-order valence-corrected chi connectivity index (χ1v) is 6.98. The second-order valence-electron chi connectivity index (χ2n) is 4.31. The molecular weight excluding hydrogens is 250 g/mol. The van der Waals surface area contributed by atoms with E-state index in [2.05, 4.69) is 14.9 Å². The Bertz CT molecular complexity index is 638. The summed E-state index contributed by atoms with van der Waals surface area (Å²) in [5.41, 5.74) is 3.54. The number of benzene rings is 1. The van der Waals surface area contributed by atoms with Crippen LogP contribution >= 0.6 is 0 Å². The van der Waals surface area contributed by atoms with E-state index in [1.165, 1.54) is 12.4 Å². The topological polar surface area (TPSA) is 74.8 Å². The van der Waals surface area contributed by atoms with Gasteiger partial charge >= 0.3 is 0 Å². The van der Waals surface area contributed by atoms with E-state index in [0.717, 1.165) is 16.7 Å². The molecule has 18 heavy (non-hydrogen) atoms. The molecule has 0 fully saturated rings. The Kier molecular flexibility index (Phi) is 3.13. The number of nitrogens with one attached hydrogen (secondary N) is 2. The molecule has 0 aliphatic rings. The van der Waals surface area contributed by atoms with Gasteiger partial charge in [-0.25, -0.2) is 8.42 Å². The van der Waals surface area contributed by atoms with Crippen molar-refractivity contribution >= 4 is 15.7 Å². The Morgan fingerprint density at radius 3 is 2.28 bits per heavy atom. The van der Waals surface area contributed by atoms with Crippen molar-refractivity contribution in [2.75, 3.05) is 4.72 Å². The van der Waals surface area contributed by atoms with E-state index in [0.29, 0.717) is 5.69 Å². The molecule has 0 saturated heterocycles. The quantitative estimate of drug-likeness (QED) is 0.892. The Balaban J connectivity index is 2.42. The average molecular weight is 265 g/mol. The van der Waals surface area contributed by atoms with E-state index in [4.69, 9.17) is 0 Å². The molecule has 0 aliphatic carbocycles. The van der Waals surface area contributed by atoms with Crippen molar-refractivity contribution in [2.45, 2.75) is 25.7 Å². The summed E-state index contributed by atoms with van der Waals surface area (Å²) in [6, 6.07) is 3.89. The zero-order valence-electron chi connectivity index (χ0n) is 10.5. The molecule has 1 heterocycles. The van der Waals surface area contributed by atoms with Crippen LogP contribution in [0, 0.1) is 20.8 Å². The smallest absolute Gasteiger partial charge is 0.265 e. The van der Waals surface area contributed by atoms with Gasteiger partial charge in [-0.2, -0.15) is 5.10 Å². The van der Waals surface area contributed by atoms with Crippen molar-refractivity contribution in [1.29, 1.82) is 0 Å². The molecule has 96 valence electrons. The van der Waals surface area contributed by atoms with Crippen LogP contribution in [0.4, 0.5) is 5.69 Å². The standard InChI is InChI=1S/C12H15N3O2S/c1-8-4-9(2)12(10(3)5-8)15-18(16,17)11-6-13-14-7-11/h4-7,15H,1-3H3,(H,13,14). The van der Waals surface area contributed by atoms with Crippen LogP contribution in [0.1, 0.15) is 16.7 Å². The summed E-state index contributed by atoms with van der Waals surface area (Å²) in [5, 5.41) is 6.14. The SMILES string of the molecule is Cc1cc(C)c(NS(=O)(=O)c2cn[nH]c2)c(C)c1. The highest BCUT2D eigenvalue weighted by atomic mass is 32.2. The van der Waals surface area contributed by atoms with Crippen molar-refractivity contribution in [1.82, 2.24) is 10.2 Å². The van der Waals surface area contributed by atoms with Crippen LogP contribution in [0.3, 0.4) is 0 Å². The molecule has 0 amide bonds. The summed E-state index contributed by atoms with van der Waals surface area (Å²) in [5.74, 6) is 0. The zero-order valence-corrected chi connectivity index (χ0v) is 11.3. The molecule has 0 aliphatic heterocycles. The van der Waals surface area contributed by atoms with E-state index in [-0.39, 0.29) is 4.90 Å². The van der Waals surface area contributed by atoms with Gasteiger partial charge < -0.3 is 0 Å². The molecule has 0 saturated carbocycles. The van der Waals surface area contributed by atoms with Gasteiger partial charge in [-0.05, 0) is 31.9 Å². The molecule has 6 heteroatoms. The van der Waals surface area contributed by atoms with Gasteiger partial charge in [0.15, 0.2) is 0 Å². The van der Waals surface area contributed by atoms with E-state index >= 15 is 0 Å². The Labute approximate surface area is 106 Å². The predicted molar refractivity (Wildman–Crippen MR) is 70.0 cm³/mol. The van der Waals surface area contributed by atoms with Crippen LogP contribution in [0.25, 0.3) is 0 Å². The molecule has 0 radical (unpaired) electrons. The number of anilines is 1. The van der Waals surface area contributed by atoms with E-state index < -0.39 is 10.0 Å². The number of nitrogens with zero attached hydrogens (tertiary/aromatic N) is 1. The van der Waals surface area contributed by atoms with Crippen LogP contribution in [-0.4, -0.2) is 18.6 Å². The number of aromatic nitrogens is 2. The summed E-state index contributed by atoms with van der Waals surface area (Å²) in [6.07, 6.45) is 2.63. The van der Waals surface area contributed by atoms with Gasteiger partial charge in [-0.15, -0.1) is 0 Å². The minimum absolute atomic E-state index is 0.127. The predicted octanol–water partition coefficient (Wildman–Crippen LogP) is 2.14. The van der Waals surface area contributed by atoms with Crippen LogP contribution in [0.5, 0.6) is 0 Å². The number of sulfonamides is 1. The third kappa shape index (κ3) is 2.38. The number of H-pyrrole nitrogens is 1. The molecule has 5 nitrogen and oxygen atoms in total.